The summed E-state index contributed by atoms with van der Waals surface area (Å²) in [5, 5.41) is 1.71. The standard InChI is InChI=1S/C27H29Cl3N2O2S/c1-4-27(2,3)20-7-12-23(13-8-20)35(33,34)31-15-16-32(25-14-11-22(29)17-24(25)30)26(18-31)19-5-9-21(28)10-6-19/h5-14,17,26H,4,15-16,18H2,1-3H3. The second kappa shape index (κ2) is 10.3. The van der Waals surface area contributed by atoms with Crippen molar-refractivity contribution in [2.75, 3.05) is 24.5 Å². The molecule has 35 heavy (non-hydrogen) atoms. The minimum atomic E-state index is -3.68. The average molecular weight is 552 g/mol. The normalized spacial score (nSPS) is 17.5. The highest BCUT2D eigenvalue weighted by atomic mass is 35.5. The van der Waals surface area contributed by atoms with Gasteiger partial charge < -0.3 is 4.90 Å². The Morgan fingerprint density at radius 1 is 0.886 bits per heavy atom. The third-order valence-corrected chi connectivity index (χ3v) is 9.64. The molecule has 0 N–H and O–H groups in total. The predicted molar refractivity (Wildman–Crippen MR) is 147 cm³/mol. The van der Waals surface area contributed by atoms with Crippen molar-refractivity contribution in [3.63, 3.8) is 0 Å². The van der Waals surface area contributed by atoms with E-state index < -0.39 is 10.0 Å². The largest absolute Gasteiger partial charge is 0.361 e. The molecule has 0 saturated carbocycles. The molecular formula is C27H29Cl3N2O2S. The fraction of sp³-hybridized carbons (Fsp3) is 0.333. The first-order valence-electron chi connectivity index (χ1n) is 11.6. The Labute approximate surface area is 223 Å². The molecule has 1 saturated heterocycles. The highest BCUT2D eigenvalue weighted by Gasteiger charge is 2.36. The van der Waals surface area contributed by atoms with Crippen LogP contribution >= 0.6 is 34.8 Å². The molecule has 0 bridgehead atoms. The highest BCUT2D eigenvalue weighted by molar-refractivity contribution is 7.89. The van der Waals surface area contributed by atoms with Crippen molar-refractivity contribution in [1.29, 1.82) is 0 Å². The molecule has 1 aliphatic heterocycles. The maximum atomic E-state index is 13.6. The molecule has 4 rings (SSSR count). The summed E-state index contributed by atoms with van der Waals surface area (Å²) in [5.41, 5.74) is 2.89. The number of hydrogen-bond donors (Lipinski definition) is 0. The summed E-state index contributed by atoms with van der Waals surface area (Å²) in [7, 11) is -3.68. The van der Waals surface area contributed by atoms with Gasteiger partial charge in [-0.05, 0) is 65.4 Å². The van der Waals surface area contributed by atoms with Crippen LogP contribution in [0.4, 0.5) is 5.69 Å². The summed E-state index contributed by atoms with van der Waals surface area (Å²) < 4.78 is 28.9. The van der Waals surface area contributed by atoms with Crippen LogP contribution in [0.25, 0.3) is 0 Å². The van der Waals surface area contributed by atoms with Crippen molar-refractivity contribution in [2.45, 2.75) is 43.5 Å². The van der Waals surface area contributed by atoms with Crippen molar-refractivity contribution in [3.8, 4) is 0 Å². The molecule has 0 aliphatic carbocycles. The Kier molecular flexibility index (Phi) is 7.75. The third-order valence-electron chi connectivity index (χ3n) is 6.97. The van der Waals surface area contributed by atoms with Crippen molar-refractivity contribution in [3.05, 3.63) is 92.9 Å². The first kappa shape index (κ1) is 26.3. The van der Waals surface area contributed by atoms with Gasteiger partial charge in [-0.15, -0.1) is 0 Å². The number of halogens is 3. The van der Waals surface area contributed by atoms with Crippen LogP contribution in [0.1, 0.15) is 44.4 Å². The summed E-state index contributed by atoms with van der Waals surface area (Å²) in [4.78, 5) is 2.45. The number of nitrogens with zero attached hydrogens (tertiary/aromatic N) is 2. The Bertz CT molecular complexity index is 1290. The van der Waals surface area contributed by atoms with Crippen LogP contribution in [0.3, 0.4) is 0 Å². The van der Waals surface area contributed by atoms with Gasteiger partial charge in [-0.1, -0.05) is 79.8 Å². The van der Waals surface area contributed by atoms with E-state index in [2.05, 4.69) is 25.7 Å². The molecule has 0 aromatic heterocycles. The smallest absolute Gasteiger partial charge is 0.243 e. The van der Waals surface area contributed by atoms with Crippen molar-refractivity contribution >= 4 is 50.5 Å². The van der Waals surface area contributed by atoms with E-state index in [-0.39, 0.29) is 18.0 Å². The Morgan fingerprint density at radius 3 is 2.11 bits per heavy atom. The molecule has 3 aromatic carbocycles. The fourth-order valence-electron chi connectivity index (χ4n) is 4.38. The first-order valence-corrected chi connectivity index (χ1v) is 14.2. The maximum Gasteiger partial charge on any atom is 0.243 e. The zero-order chi connectivity index (χ0) is 25.4. The summed E-state index contributed by atoms with van der Waals surface area (Å²) in [6.07, 6.45) is 0.969. The minimum absolute atomic E-state index is 0.00849. The van der Waals surface area contributed by atoms with E-state index in [4.69, 9.17) is 34.8 Å². The van der Waals surface area contributed by atoms with Crippen LogP contribution in [-0.4, -0.2) is 32.4 Å². The van der Waals surface area contributed by atoms with Crippen LogP contribution in [0, 0.1) is 0 Å². The van der Waals surface area contributed by atoms with E-state index in [9.17, 15) is 8.42 Å². The molecule has 1 heterocycles. The van der Waals surface area contributed by atoms with Gasteiger partial charge in [0, 0.05) is 29.7 Å². The molecule has 186 valence electrons. The topological polar surface area (TPSA) is 40.6 Å². The van der Waals surface area contributed by atoms with Crippen LogP contribution in [-0.2, 0) is 15.4 Å². The van der Waals surface area contributed by atoms with Crippen molar-refractivity contribution < 1.29 is 8.42 Å². The summed E-state index contributed by atoms with van der Waals surface area (Å²) in [6, 6.07) is 19.9. The van der Waals surface area contributed by atoms with Gasteiger partial charge >= 0.3 is 0 Å². The van der Waals surface area contributed by atoms with E-state index in [0.29, 0.717) is 33.1 Å². The third kappa shape index (κ3) is 5.50. The molecule has 1 unspecified atom stereocenters. The predicted octanol–water partition coefficient (Wildman–Crippen LogP) is 7.59. The first-order chi connectivity index (χ1) is 16.5. The number of hydrogen-bond acceptors (Lipinski definition) is 3. The molecule has 0 spiro atoms. The van der Waals surface area contributed by atoms with Crippen LogP contribution in [0.5, 0.6) is 0 Å². The molecule has 4 nitrogen and oxygen atoms in total. The van der Waals surface area contributed by atoms with Crippen molar-refractivity contribution in [2.24, 2.45) is 0 Å². The lowest BCUT2D eigenvalue weighted by Gasteiger charge is -2.42. The molecule has 3 aromatic rings. The number of rotatable bonds is 6. The minimum Gasteiger partial charge on any atom is -0.361 e. The number of sulfonamides is 1. The molecule has 1 fully saturated rings. The van der Waals surface area contributed by atoms with Gasteiger partial charge in [0.2, 0.25) is 10.0 Å². The van der Waals surface area contributed by atoms with Gasteiger partial charge in [0.15, 0.2) is 0 Å². The lowest BCUT2D eigenvalue weighted by molar-refractivity contribution is 0.335. The number of benzene rings is 3. The van der Waals surface area contributed by atoms with Gasteiger partial charge in [-0.2, -0.15) is 4.31 Å². The van der Waals surface area contributed by atoms with E-state index in [1.165, 1.54) is 0 Å². The Morgan fingerprint density at radius 2 is 1.51 bits per heavy atom. The molecule has 1 aliphatic rings. The van der Waals surface area contributed by atoms with E-state index in [0.717, 1.165) is 23.2 Å². The Balaban J connectivity index is 1.67. The maximum absolute atomic E-state index is 13.6. The summed E-state index contributed by atoms with van der Waals surface area (Å²) >= 11 is 18.8. The van der Waals surface area contributed by atoms with Crippen LogP contribution in [0.15, 0.2) is 71.6 Å². The van der Waals surface area contributed by atoms with Gasteiger partial charge in [0.05, 0.1) is 21.6 Å². The van der Waals surface area contributed by atoms with E-state index >= 15 is 0 Å². The molecular weight excluding hydrogens is 523 g/mol. The van der Waals surface area contributed by atoms with Gasteiger partial charge in [0.1, 0.15) is 0 Å². The molecule has 1 atom stereocenters. The van der Waals surface area contributed by atoms with E-state index in [1.807, 2.05) is 42.5 Å². The van der Waals surface area contributed by atoms with E-state index in [1.54, 1.807) is 28.6 Å². The zero-order valence-electron chi connectivity index (χ0n) is 20.0. The SMILES string of the molecule is CCC(C)(C)c1ccc(S(=O)(=O)N2CCN(c3ccc(Cl)cc3Cl)C(c3ccc(Cl)cc3)C2)cc1. The quantitative estimate of drug-likeness (QED) is 0.317. The van der Waals surface area contributed by atoms with Crippen LogP contribution in [0.2, 0.25) is 15.1 Å². The second-order valence-corrected chi connectivity index (χ2v) is 12.7. The average Bonchev–Trinajstić information content (AvgIpc) is 2.84. The number of piperazine rings is 1. The number of anilines is 1. The van der Waals surface area contributed by atoms with Gasteiger partial charge in [-0.3, -0.25) is 0 Å². The zero-order valence-corrected chi connectivity index (χ0v) is 23.1. The van der Waals surface area contributed by atoms with Crippen molar-refractivity contribution in [1.82, 2.24) is 4.31 Å². The fourth-order valence-corrected chi connectivity index (χ4v) is 6.46. The van der Waals surface area contributed by atoms with Gasteiger partial charge in [-0.25, -0.2) is 8.42 Å². The highest BCUT2D eigenvalue weighted by Crippen LogP contribution is 2.38. The Hall–Kier alpha value is -1.76. The monoisotopic (exact) mass is 550 g/mol. The van der Waals surface area contributed by atoms with Gasteiger partial charge in [0.25, 0.3) is 0 Å². The van der Waals surface area contributed by atoms with Crippen LogP contribution < -0.4 is 4.90 Å². The summed E-state index contributed by atoms with van der Waals surface area (Å²) in [6.45, 7) is 7.56. The molecule has 8 heteroatoms. The molecule has 0 radical (unpaired) electrons. The second-order valence-electron chi connectivity index (χ2n) is 9.48. The summed E-state index contributed by atoms with van der Waals surface area (Å²) in [5.74, 6) is 0. The molecule has 0 amide bonds. The lowest BCUT2D eigenvalue weighted by atomic mass is 9.82. The lowest BCUT2D eigenvalue weighted by Crippen LogP contribution is -2.50.